The summed E-state index contributed by atoms with van der Waals surface area (Å²) in [6, 6.07) is 10.4. The second kappa shape index (κ2) is 5.96. The molecule has 3 aromatic rings. The number of nitrogens with zero attached hydrogens (tertiary/aromatic N) is 5. The van der Waals surface area contributed by atoms with Gasteiger partial charge in [0, 0.05) is 6.54 Å². The molecule has 118 valence electrons. The summed E-state index contributed by atoms with van der Waals surface area (Å²) < 4.78 is 7.47. The van der Waals surface area contributed by atoms with Gasteiger partial charge in [0.2, 0.25) is 0 Å². The van der Waals surface area contributed by atoms with E-state index in [0.717, 1.165) is 48.7 Å². The fourth-order valence-corrected chi connectivity index (χ4v) is 3.09. The van der Waals surface area contributed by atoms with Gasteiger partial charge in [-0.25, -0.2) is 14.6 Å². The van der Waals surface area contributed by atoms with Crippen molar-refractivity contribution in [2.75, 3.05) is 24.7 Å². The summed E-state index contributed by atoms with van der Waals surface area (Å²) in [4.78, 5) is 11.3. The van der Waals surface area contributed by atoms with Crippen molar-refractivity contribution in [1.29, 1.82) is 0 Å². The molecule has 0 aliphatic carbocycles. The van der Waals surface area contributed by atoms with Crippen molar-refractivity contribution < 1.29 is 4.74 Å². The largest absolute Gasteiger partial charge is 0.377 e. The van der Waals surface area contributed by atoms with Crippen LogP contribution in [0.4, 0.5) is 5.82 Å². The molecule has 0 spiro atoms. The molecule has 1 aliphatic heterocycles. The van der Waals surface area contributed by atoms with E-state index in [1.807, 2.05) is 41.2 Å². The standard InChI is InChI=1S/C17H19N5O/c1-2-13-11-23-9-8-21(13)16-15-10-20-22(17(15)19-12-18-16)14-6-4-3-5-7-14/h3-7,10,12-13H,2,8-9,11H2,1H3. The lowest BCUT2D eigenvalue weighted by atomic mass is 10.1. The Morgan fingerprint density at radius 2 is 2.09 bits per heavy atom. The number of ether oxygens (including phenoxy) is 1. The lowest BCUT2D eigenvalue weighted by Crippen LogP contribution is -2.45. The van der Waals surface area contributed by atoms with Gasteiger partial charge in [-0.05, 0) is 18.6 Å². The van der Waals surface area contributed by atoms with Crippen molar-refractivity contribution in [3.8, 4) is 5.69 Å². The Morgan fingerprint density at radius 1 is 1.22 bits per heavy atom. The molecule has 6 heteroatoms. The van der Waals surface area contributed by atoms with Crippen LogP contribution in [0.1, 0.15) is 13.3 Å². The highest BCUT2D eigenvalue weighted by atomic mass is 16.5. The van der Waals surface area contributed by atoms with Gasteiger partial charge < -0.3 is 9.64 Å². The van der Waals surface area contributed by atoms with Crippen molar-refractivity contribution in [1.82, 2.24) is 19.7 Å². The van der Waals surface area contributed by atoms with Crippen LogP contribution in [0, 0.1) is 0 Å². The highest BCUT2D eigenvalue weighted by Crippen LogP contribution is 2.27. The van der Waals surface area contributed by atoms with Gasteiger partial charge in [0.1, 0.15) is 12.1 Å². The highest BCUT2D eigenvalue weighted by molar-refractivity contribution is 5.87. The van der Waals surface area contributed by atoms with Crippen LogP contribution in [-0.4, -0.2) is 45.5 Å². The van der Waals surface area contributed by atoms with Gasteiger partial charge in [-0.1, -0.05) is 25.1 Å². The van der Waals surface area contributed by atoms with Crippen LogP contribution in [-0.2, 0) is 4.74 Å². The molecule has 3 heterocycles. The smallest absolute Gasteiger partial charge is 0.168 e. The van der Waals surface area contributed by atoms with Crippen LogP contribution in [0.5, 0.6) is 0 Å². The molecule has 6 nitrogen and oxygen atoms in total. The lowest BCUT2D eigenvalue weighted by molar-refractivity contribution is 0.0927. The van der Waals surface area contributed by atoms with E-state index in [-0.39, 0.29) is 0 Å². The van der Waals surface area contributed by atoms with Crippen LogP contribution in [0.2, 0.25) is 0 Å². The van der Waals surface area contributed by atoms with Crippen LogP contribution < -0.4 is 4.90 Å². The average Bonchev–Trinajstić information content (AvgIpc) is 3.06. The zero-order chi connectivity index (χ0) is 15.6. The number of benzene rings is 1. The van der Waals surface area contributed by atoms with Crippen LogP contribution >= 0.6 is 0 Å². The molecule has 0 bridgehead atoms. The minimum Gasteiger partial charge on any atom is -0.377 e. The molecule has 0 radical (unpaired) electrons. The summed E-state index contributed by atoms with van der Waals surface area (Å²) in [5.74, 6) is 0.951. The number of hydrogen-bond donors (Lipinski definition) is 0. The van der Waals surface area contributed by atoms with Gasteiger partial charge in [-0.2, -0.15) is 5.10 Å². The molecule has 23 heavy (non-hydrogen) atoms. The van der Waals surface area contributed by atoms with E-state index in [1.54, 1.807) is 6.33 Å². The maximum atomic E-state index is 5.61. The summed E-state index contributed by atoms with van der Waals surface area (Å²) in [5, 5.41) is 5.51. The number of aromatic nitrogens is 4. The van der Waals surface area contributed by atoms with Gasteiger partial charge in [0.25, 0.3) is 0 Å². The Morgan fingerprint density at radius 3 is 2.91 bits per heavy atom. The molecule has 2 aromatic heterocycles. The fraction of sp³-hybridized carbons (Fsp3) is 0.353. The van der Waals surface area contributed by atoms with E-state index in [4.69, 9.17) is 4.74 Å². The summed E-state index contributed by atoms with van der Waals surface area (Å²) in [7, 11) is 0. The number of hydrogen-bond acceptors (Lipinski definition) is 5. The molecular formula is C17H19N5O. The van der Waals surface area contributed by atoms with Crippen molar-refractivity contribution in [2.45, 2.75) is 19.4 Å². The van der Waals surface area contributed by atoms with Crippen LogP contribution in [0.25, 0.3) is 16.7 Å². The van der Waals surface area contributed by atoms with Crippen LogP contribution in [0.15, 0.2) is 42.9 Å². The van der Waals surface area contributed by atoms with E-state index in [0.29, 0.717) is 6.04 Å². The molecule has 1 fully saturated rings. The number of fused-ring (bicyclic) bond motifs is 1. The monoisotopic (exact) mass is 309 g/mol. The van der Waals surface area contributed by atoms with E-state index >= 15 is 0 Å². The van der Waals surface area contributed by atoms with Gasteiger partial charge in [-0.15, -0.1) is 0 Å². The van der Waals surface area contributed by atoms with Crippen molar-refractivity contribution in [3.05, 3.63) is 42.9 Å². The van der Waals surface area contributed by atoms with Gasteiger partial charge in [0.15, 0.2) is 5.65 Å². The first kappa shape index (κ1) is 14.1. The minimum absolute atomic E-state index is 0.349. The fourth-order valence-electron chi connectivity index (χ4n) is 3.09. The third-order valence-corrected chi connectivity index (χ3v) is 4.32. The van der Waals surface area contributed by atoms with Gasteiger partial charge in [0.05, 0.1) is 36.5 Å². The average molecular weight is 309 g/mol. The molecule has 0 saturated carbocycles. The van der Waals surface area contributed by atoms with E-state index in [9.17, 15) is 0 Å². The Kier molecular flexibility index (Phi) is 3.67. The second-order valence-corrected chi connectivity index (χ2v) is 5.66. The third-order valence-electron chi connectivity index (χ3n) is 4.32. The van der Waals surface area contributed by atoms with Crippen molar-refractivity contribution >= 4 is 16.9 Å². The number of rotatable bonds is 3. The van der Waals surface area contributed by atoms with Gasteiger partial charge in [-0.3, -0.25) is 0 Å². The molecule has 0 amide bonds. The Bertz CT molecular complexity index is 801. The topological polar surface area (TPSA) is 56.1 Å². The number of morpholine rings is 1. The molecule has 4 rings (SSSR count). The van der Waals surface area contributed by atoms with Gasteiger partial charge >= 0.3 is 0 Å². The Hall–Kier alpha value is -2.47. The molecule has 1 atom stereocenters. The zero-order valence-corrected chi connectivity index (χ0v) is 13.1. The highest BCUT2D eigenvalue weighted by Gasteiger charge is 2.25. The normalized spacial score (nSPS) is 18.5. The first-order valence-electron chi connectivity index (χ1n) is 7.97. The summed E-state index contributed by atoms with van der Waals surface area (Å²) in [5.41, 5.74) is 1.84. The Balaban J connectivity index is 1.82. The quantitative estimate of drug-likeness (QED) is 0.744. The van der Waals surface area contributed by atoms with E-state index < -0.39 is 0 Å². The molecule has 1 unspecified atom stereocenters. The first-order chi connectivity index (χ1) is 11.4. The lowest BCUT2D eigenvalue weighted by Gasteiger charge is -2.36. The van der Waals surface area contributed by atoms with Crippen molar-refractivity contribution in [2.24, 2.45) is 0 Å². The SMILES string of the molecule is CCC1COCCN1c1ncnc2c1cnn2-c1ccccc1. The minimum atomic E-state index is 0.349. The van der Waals surface area contributed by atoms with E-state index in [2.05, 4.69) is 26.9 Å². The van der Waals surface area contributed by atoms with Crippen molar-refractivity contribution in [3.63, 3.8) is 0 Å². The molecule has 1 saturated heterocycles. The molecule has 0 N–H and O–H groups in total. The molecule has 1 aliphatic rings. The zero-order valence-electron chi connectivity index (χ0n) is 13.1. The van der Waals surface area contributed by atoms with E-state index in [1.165, 1.54) is 0 Å². The van der Waals surface area contributed by atoms with Crippen LogP contribution in [0.3, 0.4) is 0 Å². The summed E-state index contributed by atoms with van der Waals surface area (Å²) >= 11 is 0. The molecule has 1 aromatic carbocycles. The maximum Gasteiger partial charge on any atom is 0.168 e. The third kappa shape index (κ3) is 2.45. The summed E-state index contributed by atoms with van der Waals surface area (Å²) in [6.45, 7) is 4.50. The maximum absolute atomic E-state index is 5.61. The Labute approximate surface area is 134 Å². The predicted molar refractivity (Wildman–Crippen MR) is 88.9 cm³/mol. The summed E-state index contributed by atoms with van der Waals surface area (Å²) in [6.07, 6.45) is 4.51. The predicted octanol–water partition coefficient (Wildman–Crippen LogP) is 2.43. The number of anilines is 1. The first-order valence-corrected chi connectivity index (χ1v) is 7.97. The molecular weight excluding hydrogens is 290 g/mol. The second-order valence-electron chi connectivity index (χ2n) is 5.66. The number of para-hydroxylation sites is 1.